The zero-order valence-corrected chi connectivity index (χ0v) is 12.4. The molecule has 19 heavy (non-hydrogen) atoms. The first kappa shape index (κ1) is 15.5. The van der Waals surface area contributed by atoms with Crippen molar-refractivity contribution >= 4 is 5.78 Å². The second kappa shape index (κ2) is 6.57. The summed E-state index contributed by atoms with van der Waals surface area (Å²) in [6.45, 7) is 6.90. The van der Waals surface area contributed by atoms with Gasteiger partial charge in [0.25, 0.3) is 0 Å². The lowest BCUT2D eigenvalue weighted by atomic mass is 10.1. The number of hydrogen-bond acceptors (Lipinski definition) is 4. The molecule has 0 aliphatic carbocycles. The van der Waals surface area contributed by atoms with Gasteiger partial charge in [-0.2, -0.15) is 0 Å². The van der Waals surface area contributed by atoms with E-state index in [9.17, 15) is 4.79 Å². The van der Waals surface area contributed by atoms with Crippen LogP contribution in [0.4, 0.5) is 0 Å². The van der Waals surface area contributed by atoms with Crippen molar-refractivity contribution in [3.05, 3.63) is 23.8 Å². The van der Waals surface area contributed by atoms with E-state index in [0.717, 1.165) is 0 Å². The molecule has 0 heterocycles. The van der Waals surface area contributed by atoms with Crippen LogP contribution in [0, 0.1) is 0 Å². The Morgan fingerprint density at radius 2 is 1.79 bits per heavy atom. The van der Waals surface area contributed by atoms with Crippen LogP contribution in [0.5, 0.6) is 11.5 Å². The van der Waals surface area contributed by atoms with Crippen molar-refractivity contribution in [1.82, 2.24) is 5.32 Å². The van der Waals surface area contributed by atoms with Crippen LogP contribution >= 0.6 is 0 Å². The first-order valence-electron chi connectivity index (χ1n) is 6.37. The average molecular weight is 265 g/mol. The summed E-state index contributed by atoms with van der Waals surface area (Å²) in [7, 11) is 3.14. The topological polar surface area (TPSA) is 47.6 Å². The standard InChI is InChI=1S/C15H23NO3/c1-15(2,3)16-9-8-12(17)11-6-7-13(18-4)14(10-11)19-5/h6-7,10,16H,8-9H2,1-5H3. The lowest BCUT2D eigenvalue weighted by Crippen LogP contribution is -2.37. The molecule has 0 spiro atoms. The van der Waals surface area contributed by atoms with E-state index in [-0.39, 0.29) is 11.3 Å². The summed E-state index contributed by atoms with van der Waals surface area (Å²) in [5, 5.41) is 3.30. The third-order valence-corrected chi connectivity index (χ3v) is 2.71. The fourth-order valence-corrected chi connectivity index (χ4v) is 1.71. The molecule has 0 atom stereocenters. The number of rotatable bonds is 6. The lowest BCUT2D eigenvalue weighted by Gasteiger charge is -2.20. The normalized spacial score (nSPS) is 11.2. The first-order valence-corrected chi connectivity index (χ1v) is 6.37. The quantitative estimate of drug-likeness (QED) is 0.803. The van der Waals surface area contributed by atoms with Crippen molar-refractivity contribution in [2.75, 3.05) is 20.8 Å². The summed E-state index contributed by atoms with van der Waals surface area (Å²) < 4.78 is 10.3. The summed E-state index contributed by atoms with van der Waals surface area (Å²) in [4.78, 5) is 12.1. The SMILES string of the molecule is COc1ccc(C(=O)CCNC(C)(C)C)cc1OC. The molecule has 1 rings (SSSR count). The number of carbonyl (C=O) groups excluding carboxylic acids is 1. The van der Waals surface area contributed by atoms with Gasteiger partial charge in [-0.1, -0.05) is 0 Å². The van der Waals surface area contributed by atoms with Crippen LogP contribution in [0.1, 0.15) is 37.6 Å². The van der Waals surface area contributed by atoms with Gasteiger partial charge in [-0.3, -0.25) is 4.79 Å². The fraction of sp³-hybridized carbons (Fsp3) is 0.533. The number of ketones is 1. The minimum atomic E-state index is 0.0257. The zero-order valence-electron chi connectivity index (χ0n) is 12.4. The molecule has 0 aliphatic heterocycles. The van der Waals surface area contributed by atoms with E-state index < -0.39 is 0 Å². The van der Waals surface area contributed by atoms with E-state index in [1.165, 1.54) is 0 Å². The Labute approximate surface area is 115 Å². The van der Waals surface area contributed by atoms with Gasteiger partial charge in [-0.05, 0) is 39.0 Å². The molecule has 106 valence electrons. The molecule has 4 nitrogen and oxygen atoms in total. The summed E-state index contributed by atoms with van der Waals surface area (Å²) in [5.74, 6) is 1.31. The molecule has 0 fully saturated rings. The van der Waals surface area contributed by atoms with Crippen molar-refractivity contribution in [2.45, 2.75) is 32.7 Å². The molecule has 1 aromatic carbocycles. The van der Waals surface area contributed by atoms with Crippen LogP contribution < -0.4 is 14.8 Å². The highest BCUT2D eigenvalue weighted by Crippen LogP contribution is 2.27. The Bertz CT molecular complexity index is 436. The minimum Gasteiger partial charge on any atom is -0.493 e. The smallest absolute Gasteiger partial charge is 0.164 e. The van der Waals surface area contributed by atoms with Gasteiger partial charge in [0.15, 0.2) is 17.3 Å². The predicted molar refractivity (Wildman–Crippen MR) is 76.2 cm³/mol. The molecular weight excluding hydrogens is 242 g/mol. The van der Waals surface area contributed by atoms with E-state index in [4.69, 9.17) is 9.47 Å². The highest BCUT2D eigenvalue weighted by molar-refractivity contribution is 5.96. The van der Waals surface area contributed by atoms with Gasteiger partial charge in [0, 0.05) is 24.1 Å². The Balaban J connectivity index is 2.67. The number of Topliss-reactive ketones (excluding diaryl/α,β-unsaturated/α-hetero) is 1. The van der Waals surface area contributed by atoms with Crippen molar-refractivity contribution in [3.63, 3.8) is 0 Å². The summed E-state index contributed by atoms with van der Waals surface area (Å²) in [6.07, 6.45) is 0.465. The third-order valence-electron chi connectivity index (χ3n) is 2.71. The maximum absolute atomic E-state index is 12.1. The van der Waals surface area contributed by atoms with E-state index in [1.54, 1.807) is 32.4 Å². The Morgan fingerprint density at radius 1 is 1.16 bits per heavy atom. The first-order chi connectivity index (χ1) is 8.87. The van der Waals surface area contributed by atoms with E-state index in [2.05, 4.69) is 26.1 Å². The third kappa shape index (κ3) is 4.91. The minimum absolute atomic E-state index is 0.0257. The molecule has 0 saturated carbocycles. The van der Waals surface area contributed by atoms with Crippen molar-refractivity contribution < 1.29 is 14.3 Å². The predicted octanol–water partition coefficient (Wildman–Crippen LogP) is 2.66. The van der Waals surface area contributed by atoms with Gasteiger partial charge in [0.05, 0.1) is 14.2 Å². The van der Waals surface area contributed by atoms with Crippen LogP contribution in [0.25, 0.3) is 0 Å². The molecule has 0 aliphatic rings. The van der Waals surface area contributed by atoms with Gasteiger partial charge in [0.1, 0.15) is 0 Å². The number of benzene rings is 1. The summed E-state index contributed by atoms with van der Waals surface area (Å²) in [6, 6.07) is 5.24. The Hall–Kier alpha value is -1.55. The number of ether oxygens (including phenoxy) is 2. The van der Waals surface area contributed by atoms with Crippen LogP contribution in [-0.2, 0) is 0 Å². The monoisotopic (exact) mass is 265 g/mol. The molecule has 0 aromatic heterocycles. The van der Waals surface area contributed by atoms with Gasteiger partial charge in [0.2, 0.25) is 0 Å². The molecule has 1 N–H and O–H groups in total. The zero-order chi connectivity index (χ0) is 14.5. The molecule has 0 amide bonds. The van der Waals surface area contributed by atoms with Gasteiger partial charge in [-0.25, -0.2) is 0 Å². The van der Waals surface area contributed by atoms with Crippen molar-refractivity contribution in [1.29, 1.82) is 0 Å². The number of hydrogen-bond donors (Lipinski definition) is 1. The highest BCUT2D eigenvalue weighted by Gasteiger charge is 2.13. The Kier molecular flexibility index (Phi) is 5.36. The second-order valence-electron chi connectivity index (χ2n) is 5.42. The van der Waals surface area contributed by atoms with E-state index in [1.807, 2.05) is 0 Å². The molecule has 0 bridgehead atoms. The molecule has 1 aromatic rings. The molecular formula is C15H23NO3. The summed E-state index contributed by atoms with van der Waals surface area (Å²) in [5.41, 5.74) is 0.672. The molecule has 4 heteroatoms. The maximum Gasteiger partial charge on any atom is 0.164 e. The van der Waals surface area contributed by atoms with Gasteiger partial charge >= 0.3 is 0 Å². The van der Waals surface area contributed by atoms with Gasteiger partial charge < -0.3 is 14.8 Å². The van der Waals surface area contributed by atoms with Gasteiger partial charge in [-0.15, -0.1) is 0 Å². The van der Waals surface area contributed by atoms with Crippen LogP contribution in [-0.4, -0.2) is 32.1 Å². The van der Waals surface area contributed by atoms with E-state index >= 15 is 0 Å². The molecule has 0 saturated heterocycles. The highest BCUT2D eigenvalue weighted by atomic mass is 16.5. The number of nitrogens with one attached hydrogen (secondary N) is 1. The average Bonchev–Trinajstić information content (AvgIpc) is 2.36. The molecule has 0 radical (unpaired) electrons. The number of methoxy groups -OCH3 is 2. The van der Waals surface area contributed by atoms with Crippen LogP contribution in [0.3, 0.4) is 0 Å². The fourth-order valence-electron chi connectivity index (χ4n) is 1.71. The summed E-state index contributed by atoms with van der Waals surface area (Å²) >= 11 is 0. The lowest BCUT2D eigenvalue weighted by molar-refractivity contribution is 0.0980. The number of carbonyl (C=O) groups is 1. The second-order valence-corrected chi connectivity index (χ2v) is 5.42. The maximum atomic E-state index is 12.1. The van der Waals surface area contributed by atoms with Crippen LogP contribution in [0.2, 0.25) is 0 Å². The van der Waals surface area contributed by atoms with E-state index in [0.29, 0.717) is 30.0 Å². The molecule has 0 unspecified atom stereocenters. The van der Waals surface area contributed by atoms with Crippen molar-refractivity contribution in [2.24, 2.45) is 0 Å². The van der Waals surface area contributed by atoms with Crippen LogP contribution in [0.15, 0.2) is 18.2 Å². The van der Waals surface area contributed by atoms with Crippen molar-refractivity contribution in [3.8, 4) is 11.5 Å². The Morgan fingerprint density at radius 3 is 2.32 bits per heavy atom. The largest absolute Gasteiger partial charge is 0.493 e.